The fourth-order valence-electron chi connectivity index (χ4n) is 2.61. The van der Waals surface area contributed by atoms with Crippen LogP contribution in [0.4, 0.5) is 22.9 Å². The van der Waals surface area contributed by atoms with E-state index in [1.807, 2.05) is 6.07 Å². The van der Waals surface area contributed by atoms with E-state index < -0.39 is 26.8 Å². The van der Waals surface area contributed by atoms with Crippen LogP contribution in [0.5, 0.6) is 0 Å². The van der Waals surface area contributed by atoms with Gasteiger partial charge in [-0.25, -0.2) is 9.67 Å². The molecule has 0 saturated carbocycles. The Morgan fingerprint density at radius 1 is 1.11 bits per heavy atom. The second-order valence-corrected chi connectivity index (χ2v) is 5.64. The van der Waals surface area contributed by atoms with Gasteiger partial charge in [0.2, 0.25) is 5.82 Å². The minimum atomic E-state index is -0.795. The van der Waals surface area contributed by atoms with Gasteiger partial charge < -0.3 is 5.32 Å². The Balaban J connectivity index is 2.11. The van der Waals surface area contributed by atoms with Crippen molar-refractivity contribution in [3.8, 4) is 5.69 Å². The van der Waals surface area contributed by atoms with Crippen LogP contribution in [0.2, 0.25) is 0 Å². The maximum Gasteiger partial charge on any atom is 0.318 e. The lowest BCUT2D eigenvalue weighted by atomic mass is 10.3. The molecule has 3 aromatic rings. The van der Waals surface area contributed by atoms with E-state index in [1.54, 1.807) is 42.9 Å². The van der Waals surface area contributed by atoms with Gasteiger partial charge in [0.25, 0.3) is 11.2 Å². The molecular formula is C16H14N6O5. The number of benzene rings is 1. The molecule has 27 heavy (non-hydrogen) atoms. The second kappa shape index (κ2) is 6.71. The van der Waals surface area contributed by atoms with Gasteiger partial charge in [-0.05, 0) is 19.1 Å². The van der Waals surface area contributed by atoms with Crippen LogP contribution in [0, 0.1) is 27.2 Å². The first-order valence-corrected chi connectivity index (χ1v) is 7.71. The number of hydrogen-bond acceptors (Lipinski definition) is 7. The first kappa shape index (κ1) is 17.8. The van der Waals surface area contributed by atoms with E-state index in [0.717, 1.165) is 12.3 Å². The van der Waals surface area contributed by atoms with E-state index >= 15 is 0 Å². The molecule has 0 aliphatic carbocycles. The third-order valence-corrected chi connectivity index (χ3v) is 4.06. The number of aromatic nitrogens is 3. The van der Waals surface area contributed by atoms with Gasteiger partial charge in [0.15, 0.2) is 0 Å². The number of nitrogens with zero attached hydrogens (tertiary/aromatic N) is 5. The Kier molecular flexibility index (Phi) is 4.42. The molecule has 138 valence electrons. The van der Waals surface area contributed by atoms with Crippen molar-refractivity contribution in [2.24, 2.45) is 7.05 Å². The quantitative estimate of drug-likeness (QED) is 0.537. The maximum absolute atomic E-state index is 12.8. The van der Waals surface area contributed by atoms with Crippen molar-refractivity contribution < 1.29 is 9.85 Å². The SMILES string of the molecule is Cc1c(Nc2ncc([N+](=O)[O-])cc2[N+](=O)[O-])c(=O)n(-c2ccccc2)n1C. The minimum absolute atomic E-state index is 0.0887. The van der Waals surface area contributed by atoms with E-state index in [9.17, 15) is 25.0 Å². The van der Waals surface area contributed by atoms with Crippen LogP contribution in [0.15, 0.2) is 47.4 Å². The van der Waals surface area contributed by atoms with Crippen LogP contribution in [-0.2, 0) is 7.05 Å². The molecule has 3 rings (SSSR count). The number of anilines is 2. The molecule has 11 nitrogen and oxygen atoms in total. The monoisotopic (exact) mass is 370 g/mol. The topological polar surface area (TPSA) is 138 Å². The molecule has 0 saturated heterocycles. The Morgan fingerprint density at radius 3 is 2.37 bits per heavy atom. The summed E-state index contributed by atoms with van der Waals surface area (Å²) in [6.07, 6.45) is 0.892. The number of hydrogen-bond donors (Lipinski definition) is 1. The molecule has 11 heteroatoms. The van der Waals surface area contributed by atoms with Crippen molar-refractivity contribution in [2.45, 2.75) is 6.92 Å². The zero-order chi connectivity index (χ0) is 19.7. The van der Waals surface area contributed by atoms with E-state index in [1.165, 1.54) is 4.68 Å². The number of nitro groups is 2. The van der Waals surface area contributed by atoms with Crippen molar-refractivity contribution in [3.05, 3.63) is 78.9 Å². The molecule has 0 spiro atoms. The number of rotatable bonds is 5. The van der Waals surface area contributed by atoms with Crippen molar-refractivity contribution in [1.82, 2.24) is 14.3 Å². The number of pyridine rings is 1. The molecule has 0 aliphatic heterocycles. The second-order valence-electron chi connectivity index (χ2n) is 5.64. The molecule has 2 aromatic heterocycles. The lowest BCUT2D eigenvalue weighted by molar-refractivity contribution is -0.394. The predicted octanol–water partition coefficient (Wildman–Crippen LogP) is 2.44. The molecule has 0 atom stereocenters. The summed E-state index contributed by atoms with van der Waals surface area (Å²) in [6, 6.07) is 9.66. The molecule has 0 fully saturated rings. The van der Waals surface area contributed by atoms with E-state index in [-0.39, 0.29) is 11.5 Å². The first-order chi connectivity index (χ1) is 12.8. The molecule has 0 amide bonds. The summed E-state index contributed by atoms with van der Waals surface area (Å²) in [5.74, 6) is -0.253. The smallest absolute Gasteiger partial charge is 0.318 e. The summed E-state index contributed by atoms with van der Waals surface area (Å²) in [5, 5.41) is 24.7. The fraction of sp³-hybridized carbons (Fsp3) is 0.125. The third kappa shape index (κ3) is 3.13. The van der Waals surface area contributed by atoms with E-state index in [4.69, 9.17) is 0 Å². The van der Waals surface area contributed by atoms with Crippen LogP contribution in [-0.4, -0.2) is 24.2 Å². The lowest BCUT2D eigenvalue weighted by Gasteiger charge is -2.07. The number of nitrogens with one attached hydrogen (secondary N) is 1. The minimum Gasteiger partial charge on any atom is -0.328 e. The lowest BCUT2D eigenvalue weighted by Crippen LogP contribution is -2.20. The maximum atomic E-state index is 12.8. The summed E-state index contributed by atoms with van der Waals surface area (Å²) >= 11 is 0. The molecule has 1 aromatic carbocycles. The highest BCUT2D eigenvalue weighted by Gasteiger charge is 2.24. The van der Waals surface area contributed by atoms with Gasteiger partial charge in [-0.1, -0.05) is 18.2 Å². The van der Waals surface area contributed by atoms with Gasteiger partial charge in [-0.3, -0.25) is 29.7 Å². The van der Waals surface area contributed by atoms with Crippen molar-refractivity contribution >= 4 is 22.9 Å². The van der Waals surface area contributed by atoms with Crippen LogP contribution >= 0.6 is 0 Å². The average Bonchev–Trinajstić information content (AvgIpc) is 2.85. The van der Waals surface area contributed by atoms with Crippen LogP contribution in [0.1, 0.15) is 5.69 Å². The third-order valence-electron chi connectivity index (χ3n) is 4.06. The predicted molar refractivity (Wildman–Crippen MR) is 96.6 cm³/mol. The van der Waals surface area contributed by atoms with Gasteiger partial charge in [0.05, 0.1) is 27.3 Å². The van der Waals surface area contributed by atoms with Gasteiger partial charge in [0, 0.05) is 7.05 Å². The van der Waals surface area contributed by atoms with E-state index in [0.29, 0.717) is 11.4 Å². The van der Waals surface area contributed by atoms with Gasteiger partial charge in [0.1, 0.15) is 11.9 Å². The van der Waals surface area contributed by atoms with Gasteiger partial charge in [-0.2, -0.15) is 0 Å². The Hall–Kier alpha value is -4.02. The highest BCUT2D eigenvalue weighted by Crippen LogP contribution is 2.29. The van der Waals surface area contributed by atoms with Crippen molar-refractivity contribution in [3.63, 3.8) is 0 Å². The molecular weight excluding hydrogens is 356 g/mol. The normalized spacial score (nSPS) is 10.6. The molecule has 0 bridgehead atoms. The van der Waals surface area contributed by atoms with Crippen molar-refractivity contribution in [2.75, 3.05) is 5.32 Å². The highest BCUT2D eigenvalue weighted by molar-refractivity contribution is 5.68. The summed E-state index contributed by atoms with van der Waals surface area (Å²) in [6.45, 7) is 1.67. The van der Waals surface area contributed by atoms with Crippen LogP contribution in [0.3, 0.4) is 0 Å². The summed E-state index contributed by atoms with van der Waals surface area (Å²) in [4.78, 5) is 37.1. The molecule has 0 aliphatic rings. The van der Waals surface area contributed by atoms with Crippen LogP contribution in [0.25, 0.3) is 5.69 Å². The Labute approximate surface area is 151 Å². The van der Waals surface area contributed by atoms with Gasteiger partial charge in [-0.15, -0.1) is 0 Å². The Bertz CT molecular complexity index is 1100. The van der Waals surface area contributed by atoms with Gasteiger partial charge >= 0.3 is 5.69 Å². The zero-order valence-corrected chi connectivity index (χ0v) is 14.3. The average molecular weight is 370 g/mol. The van der Waals surface area contributed by atoms with Crippen molar-refractivity contribution in [1.29, 1.82) is 0 Å². The molecule has 1 N–H and O–H groups in total. The van der Waals surface area contributed by atoms with Crippen LogP contribution < -0.4 is 10.9 Å². The molecule has 2 heterocycles. The Morgan fingerprint density at radius 2 is 1.78 bits per heavy atom. The molecule has 0 radical (unpaired) electrons. The summed E-state index contributed by atoms with van der Waals surface area (Å²) in [7, 11) is 1.67. The largest absolute Gasteiger partial charge is 0.328 e. The standard InChI is InChI=1S/C16H14N6O5/c1-10-14(16(23)20(19(10)2)11-6-4-3-5-7-11)18-15-13(22(26)27)8-12(9-17-15)21(24)25/h3-9H,1-2H3,(H,17,18). The summed E-state index contributed by atoms with van der Waals surface area (Å²) < 4.78 is 2.99. The summed E-state index contributed by atoms with van der Waals surface area (Å²) in [5.41, 5.74) is -0.330. The molecule has 0 unspecified atom stereocenters. The number of para-hydroxylation sites is 1. The van der Waals surface area contributed by atoms with E-state index in [2.05, 4.69) is 10.3 Å². The fourth-order valence-corrected chi connectivity index (χ4v) is 2.61. The highest BCUT2D eigenvalue weighted by atomic mass is 16.6. The zero-order valence-electron chi connectivity index (χ0n) is 14.3. The first-order valence-electron chi connectivity index (χ1n) is 7.71.